The van der Waals surface area contributed by atoms with Crippen molar-refractivity contribution in [3.05, 3.63) is 35.7 Å². The molecule has 2 aromatic heterocycles. The van der Waals surface area contributed by atoms with Crippen LogP contribution in [0.2, 0.25) is 0 Å². The third kappa shape index (κ3) is 3.53. The van der Waals surface area contributed by atoms with Crippen LogP contribution in [0.5, 0.6) is 0 Å². The molecule has 6 heteroatoms. The fraction of sp³-hybridized carbons (Fsp3) is 0.444. The molecule has 2 N–H and O–H groups in total. The van der Waals surface area contributed by atoms with Crippen molar-refractivity contribution < 1.29 is 9.90 Å². The molecule has 3 rings (SSSR count). The number of unbranched alkanes of at least 4 members (excludes halogenated alkanes) is 1. The Hall–Kier alpha value is -2.50. The molecule has 0 bridgehead atoms. The van der Waals surface area contributed by atoms with Crippen molar-refractivity contribution in [1.82, 2.24) is 15.0 Å². The lowest BCUT2D eigenvalue weighted by Crippen LogP contribution is -2.30. The number of aryl methyl sites for hydroxylation is 1. The molecule has 1 unspecified atom stereocenters. The Balaban J connectivity index is 1.94. The smallest absolute Gasteiger partial charge is 0.326 e. The zero-order chi connectivity index (χ0) is 16.9. The second-order valence-corrected chi connectivity index (χ2v) is 6.07. The van der Waals surface area contributed by atoms with Gasteiger partial charge in [-0.3, -0.25) is 4.98 Å². The van der Waals surface area contributed by atoms with E-state index in [0.29, 0.717) is 23.8 Å². The first-order valence-corrected chi connectivity index (χ1v) is 8.49. The Morgan fingerprint density at radius 2 is 2.21 bits per heavy atom. The molecule has 126 valence electrons. The third-order valence-electron chi connectivity index (χ3n) is 4.28. The number of pyridine rings is 1. The monoisotopic (exact) mass is 326 g/mol. The maximum Gasteiger partial charge on any atom is 0.326 e. The Bertz CT molecular complexity index is 718. The summed E-state index contributed by atoms with van der Waals surface area (Å²) in [5, 5.41) is 12.6. The molecule has 2 heterocycles. The standard InChI is InChI=1S/C18H22N4O2/c1-2-3-8-15(18(23)24)21-16-12-7-6-10-13(12)20-17(22-16)14-9-4-5-11-19-14/h4-5,9,11,15H,2-3,6-8,10H2,1H3,(H,23,24)(H,20,21,22). The number of hydrogen-bond acceptors (Lipinski definition) is 5. The van der Waals surface area contributed by atoms with Crippen molar-refractivity contribution in [3.63, 3.8) is 0 Å². The molecule has 0 radical (unpaired) electrons. The van der Waals surface area contributed by atoms with Crippen LogP contribution in [0.15, 0.2) is 24.4 Å². The molecule has 1 aliphatic rings. The number of fused-ring (bicyclic) bond motifs is 1. The van der Waals surface area contributed by atoms with Crippen LogP contribution in [0.4, 0.5) is 5.82 Å². The number of aromatic nitrogens is 3. The van der Waals surface area contributed by atoms with Gasteiger partial charge in [-0.25, -0.2) is 14.8 Å². The van der Waals surface area contributed by atoms with Gasteiger partial charge in [-0.15, -0.1) is 0 Å². The highest BCUT2D eigenvalue weighted by Crippen LogP contribution is 2.29. The van der Waals surface area contributed by atoms with E-state index in [1.807, 2.05) is 18.2 Å². The lowest BCUT2D eigenvalue weighted by atomic mass is 10.1. The predicted octanol–water partition coefficient (Wildman–Crippen LogP) is 3.08. The molecule has 1 atom stereocenters. The molecule has 0 spiro atoms. The van der Waals surface area contributed by atoms with E-state index in [9.17, 15) is 9.90 Å². The first-order chi connectivity index (χ1) is 11.7. The largest absolute Gasteiger partial charge is 0.480 e. The van der Waals surface area contributed by atoms with Crippen molar-refractivity contribution in [2.45, 2.75) is 51.5 Å². The number of nitrogens with zero attached hydrogens (tertiary/aromatic N) is 3. The SMILES string of the molecule is CCCCC(Nc1nc(-c2ccccn2)nc2c1CCC2)C(=O)O. The normalized spacial score (nSPS) is 14.2. The summed E-state index contributed by atoms with van der Waals surface area (Å²) in [5.41, 5.74) is 2.76. The Morgan fingerprint density at radius 1 is 1.33 bits per heavy atom. The minimum absolute atomic E-state index is 0.554. The van der Waals surface area contributed by atoms with Crippen molar-refractivity contribution in [3.8, 4) is 11.5 Å². The first kappa shape index (κ1) is 16.4. The highest BCUT2D eigenvalue weighted by atomic mass is 16.4. The van der Waals surface area contributed by atoms with Gasteiger partial charge in [0.15, 0.2) is 5.82 Å². The molecule has 0 aromatic carbocycles. The van der Waals surface area contributed by atoms with Gasteiger partial charge in [-0.05, 0) is 37.8 Å². The van der Waals surface area contributed by atoms with Gasteiger partial charge in [-0.1, -0.05) is 25.8 Å². The molecule has 0 aliphatic heterocycles. The lowest BCUT2D eigenvalue weighted by molar-refractivity contribution is -0.138. The average Bonchev–Trinajstić information content (AvgIpc) is 3.07. The Kier molecular flexibility index (Phi) is 5.03. The molecule has 0 fully saturated rings. The zero-order valence-electron chi connectivity index (χ0n) is 13.8. The van der Waals surface area contributed by atoms with E-state index in [-0.39, 0.29) is 0 Å². The highest BCUT2D eigenvalue weighted by Gasteiger charge is 2.24. The Morgan fingerprint density at radius 3 is 2.92 bits per heavy atom. The molecule has 0 amide bonds. The fourth-order valence-electron chi connectivity index (χ4n) is 2.99. The second kappa shape index (κ2) is 7.38. The summed E-state index contributed by atoms with van der Waals surface area (Å²) in [5.74, 6) is 0.369. The van der Waals surface area contributed by atoms with Crippen LogP contribution in [0.1, 0.15) is 43.9 Å². The van der Waals surface area contributed by atoms with E-state index >= 15 is 0 Å². The highest BCUT2D eigenvalue weighted by molar-refractivity contribution is 5.77. The van der Waals surface area contributed by atoms with Crippen LogP contribution in [0.3, 0.4) is 0 Å². The first-order valence-electron chi connectivity index (χ1n) is 8.49. The molecular weight excluding hydrogens is 304 g/mol. The van der Waals surface area contributed by atoms with Crippen molar-refractivity contribution in [2.24, 2.45) is 0 Å². The van der Waals surface area contributed by atoms with Crippen LogP contribution >= 0.6 is 0 Å². The van der Waals surface area contributed by atoms with E-state index in [2.05, 4.69) is 27.2 Å². The number of rotatable bonds is 7. The molecule has 24 heavy (non-hydrogen) atoms. The number of carbonyl (C=O) groups is 1. The van der Waals surface area contributed by atoms with E-state index in [1.165, 1.54) is 0 Å². The second-order valence-electron chi connectivity index (χ2n) is 6.07. The van der Waals surface area contributed by atoms with Crippen molar-refractivity contribution in [2.75, 3.05) is 5.32 Å². The molecule has 2 aromatic rings. The van der Waals surface area contributed by atoms with E-state index in [1.54, 1.807) is 6.20 Å². The van der Waals surface area contributed by atoms with Crippen LogP contribution in [0.25, 0.3) is 11.5 Å². The van der Waals surface area contributed by atoms with Gasteiger partial charge in [-0.2, -0.15) is 0 Å². The Labute approximate surface area is 141 Å². The molecule has 0 saturated carbocycles. The van der Waals surface area contributed by atoms with Crippen LogP contribution < -0.4 is 5.32 Å². The van der Waals surface area contributed by atoms with Crippen molar-refractivity contribution in [1.29, 1.82) is 0 Å². The molecule has 6 nitrogen and oxygen atoms in total. The molecule has 1 aliphatic carbocycles. The average molecular weight is 326 g/mol. The maximum atomic E-state index is 11.5. The minimum atomic E-state index is -0.840. The zero-order valence-corrected chi connectivity index (χ0v) is 13.8. The van der Waals surface area contributed by atoms with Gasteiger partial charge in [0.25, 0.3) is 0 Å². The number of anilines is 1. The maximum absolute atomic E-state index is 11.5. The van der Waals surface area contributed by atoms with Gasteiger partial charge in [0.2, 0.25) is 0 Å². The minimum Gasteiger partial charge on any atom is -0.480 e. The fourth-order valence-corrected chi connectivity index (χ4v) is 2.99. The number of aliphatic carboxylic acids is 1. The van der Waals surface area contributed by atoms with Gasteiger partial charge >= 0.3 is 5.97 Å². The molecule has 0 saturated heterocycles. The van der Waals surface area contributed by atoms with E-state index in [4.69, 9.17) is 0 Å². The summed E-state index contributed by atoms with van der Waals surface area (Å²) in [6, 6.07) is 4.99. The lowest BCUT2D eigenvalue weighted by Gasteiger charge is -2.17. The quantitative estimate of drug-likeness (QED) is 0.813. The van der Waals surface area contributed by atoms with Crippen LogP contribution in [0, 0.1) is 0 Å². The van der Waals surface area contributed by atoms with Gasteiger partial charge in [0, 0.05) is 17.5 Å². The third-order valence-corrected chi connectivity index (χ3v) is 4.28. The van der Waals surface area contributed by atoms with E-state index < -0.39 is 12.0 Å². The van der Waals surface area contributed by atoms with E-state index in [0.717, 1.165) is 43.4 Å². The number of hydrogen-bond donors (Lipinski definition) is 2. The van der Waals surface area contributed by atoms with Crippen LogP contribution in [-0.2, 0) is 17.6 Å². The van der Waals surface area contributed by atoms with Gasteiger partial charge in [0.05, 0.1) is 0 Å². The summed E-state index contributed by atoms with van der Waals surface area (Å²) in [6.07, 6.45) is 6.94. The number of carboxylic acids is 1. The van der Waals surface area contributed by atoms with Gasteiger partial charge < -0.3 is 10.4 Å². The molecular formula is C18H22N4O2. The number of nitrogens with one attached hydrogen (secondary N) is 1. The van der Waals surface area contributed by atoms with Crippen LogP contribution in [-0.4, -0.2) is 32.1 Å². The summed E-state index contributed by atoms with van der Waals surface area (Å²) in [4.78, 5) is 25.1. The van der Waals surface area contributed by atoms with Crippen molar-refractivity contribution >= 4 is 11.8 Å². The van der Waals surface area contributed by atoms with Gasteiger partial charge in [0.1, 0.15) is 17.6 Å². The summed E-state index contributed by atoms with van der Waals surface area (Å²) in [6.45, 7) is 2.06. The predicted molar refractivity (Wildman–Crippen MR) is 91.9 cm³/mol. The summed E-state index contributed by atoms with van der Waals surface area (Å²) < 4.78 is 0. The summed E-state index contributed by atoms with van der Waals surface area (Å²) in [7, 11) is 0. The topological polar surface area (TPSA) is 88.0 Å². The summed E-state index contributed by atoms with van der Waals surface area (Å²) >= 11 is 0. The number of carboxylic acid groups (broad SMARTS) is 1.